The molecule has 0 unspecified atom stereocenters. The molecule has 1 aliphatic carbocycles. The summed E-state index contributed by atoms with van der Waals surface area (Å²) in [5.41, 5.74) is -0.398. The van der Waals surface area contributed by atoms with Gasteiger partial charge in [0, 0.05) is 6.54 Å². The first-order valence-corrected chi connectivity index (χ1v) is 6.66. The van der Waals surface area contributed by atoms with Gasteiger partial charge in [0.25, 0.3) is 5.91 Å². The fraction of sp³-hybridized carbons (Fsp3) is 0.583. The third-order valence-corrected chi connectivity index (χ3v) is 4.12. The molecule has 0 bridgehead atoms. The van der Waals surface area contributed by atoms with Crippen molar-refractivity contribution < 1.29 is 28.0 Å². The molecule has 0 radical (unpaired) electrons. The average Bonchev–Trinajstić information content (AvgIpc) is 3.19. The minimum Gasteiger partial charge on any atom is -0.334 e. The number of nitrogens with zero attached hydrogens (tertiary/aromatic N) is 3. The van der Waals surface area contributed by atoms with Crippen molar-refractivity contribution in [1.29, 1.82) is 0 Å². The van der Waals surface area contributed by atoms with Crippen LogP contribution < -0.4 is 5.48 Å². The van der Waals surface area contributed by atoms with Gasteiger partial charge >= 0.3 is 6.18 Å². The van der Waals surface area contributed by atoms with Crippen LogP contribution in [0.2, 0.25) is 0 Å². The number of alkyl halides is 3. The number of aromatic nitrogens is 2. The van der Waals surface area contributed by atoms with Crippen LogP contribution in [-0.4, -0.2) is 44.4 Å². The molecule has 2 aliphatic rings. The van der Waals surface area contributed by atoms with Gasteiger partial charge in [-0.05, 0) is 18.9 Å². The van der Waals surface area contributed by atoms with Crippen molar-refractivity contribution in [2.75, 3.05) is 6.54 Å². The van der Waals surface area contributed by atoms with E-state index in [9.17, 15) is 22.8 Å². The van der Waals surface area contributed by atoms with Gasteiger partial charge in [-0.1, -0.05) is 0 Å². The largest absolute Gasteiger partial charge is 0.403 e. The predicted molar refractivity (Wildman–Crippen MR) is 64.6 cm³/mol. The van der Waals surface area contributed by atoms with Crippen LogP contribution in [0.4, 0.5) is 13.2 Å². The second-order valence-corrected chi connectivity index (χ2v) is 5.49. The predicted octanol–water partition coefficient (Wildman–Crippen LogP) is 0.687. The van der Waals surface area contributed by atoms with Gasteiger partial charge in [0.2, 0.25) is 5.91 Å². The van der Waals surface area contributed by atoms with E-state index < -0.39 is 23.4 Å². The lowest BCUT2D eigenvalue weighted by atomic mass is 10.0. The second-order valence-electron chi connectivity index (χ2n) is 5.49. The van der Waals surface area contributed by atoms with Gasteiger partial charge in [-0.3, -0.25) is 19.5 Å². The summed E-state index contributed by atoms with van der Waals surface area (Å²) in [4.78, 5) is 24.6. The Morgan fingerprint density at radius 1 is 1.32 bits per heavy atom. The lowest BCUT2D eigenvalue weighted by Crippen LogP contribution is -2.47. The molecule has 0 atom stereocenters. The number of hydrogen-bond donors (Lipinski definition) is 2. The molecule has 0 saturated heterocycles. The van der Waals surface area contributed by atoms with Gasteiger partial charge in [0.05, 0.1) is 18.8 Å². The number of halogens is 3. The maximum Gasteiger partial charge on any atom is 0.403 e. The van der Waals surface area contributed by atoms with Crippen LogP contribution in [0.25, 0.3) is 0 Å². The summed E-state index contributed by atoms with van der Waals surface area (Å²) in [5.74, 6) is -1.73. The Hall–Kier alpha value is -2.10. The maximum atomic E-state index is 13.0. The Morgan fingerprint density at radius 3 is 2.55 bits per heavy atom. The van der Waals surface area contributed by atoms with Gasteiger partial charge in [-0.15, -0.1) is 0 Å². The van der Waals surface area contributed by atoms with E-state index in [0.717, 1.165) is 4.90 Å². The Kier molecular flexibility index (Phi) is 3.17. The zero-order chi connectivity index (χ0) is 16.1. The summed E-state index contributed by atoms with van der Waals surface area (Å²) < 4.78 is 40.5. The third-order valence-electron chi connectivity index (χ3n) is 4.12. The van der Waals surface area contributed by atoms with Gasteiger partial charge in [0.15, 0.2) is 5.69 Å². The van der Waals surface area contributed by atoms with Crippen molar-refractivity contribution in [3.05, 3.63) is 17.5 Å². The van der Waals surface area contributed by atoms with Crippen molar-refractivity contribution in [1.82, 2.24) is 20.2 Å². The summed E-state index contributed by atoms with van der Waals surface area (Å²) in [7, 11) is 0. The van der Waals surface area contributed by atoms with Gasteiger partial charge in [0.1, 0.15) is 5.41 Å². The fourth-order valence-corrected chi connectivity index (χ4v) is 2.65. The van der Waals surface area contributed by atoms with Gasteiger partial charge in [-0.2, -0.15) is 18.3 Å². The molecule has 120 valence electrons. The molecule has 0 spiro atoms. The number of rotatable bonds is 2. The number of amides is 2. The van der Waals surface area contributed by atoms with E-state index in [0.29, 0.717) is 5.69 Å². The van der Waals surface area contributed by atoms with Crippen LogP contribution in [0.1, 0.15) is 29.0 Å². The normalized spacial score (nSPS) is 19.5. The SMILES string of the molecule is O=C(NO)c1cc2n(n1)CCN(C(=O)C1(C(F)(F)F)CC1)C2. The molecule has 3 rings (SSSR count). The van der Waals surface area contributed by atoms with E-state index in [4.69, 9.17) is 5.21 Å². The van der Waals surface area contributed by atoms with Crippen molar-refractivity contribution >= 4 is 11.8 Å². The van der Waals surface area contributed by atoms with E-state index in [-0.39, 0.29) is 38.2 Å². The first-order valence-electron chi connectivity index (χ1n) is 6.66. The second kappa shape index (κ2) is 4.70. The summed E-state index contributed by atoms with van der Waals surface area (Å²) in [6.45, 7) is 0.265. The van der Waals surface area contributed by atoms with Crippen LogP contribution >= 0.6 is 0 Å². The number of carbonyl (C=O) groups is 2. The minimum absolute atomic E-state index is 0.0393. The topological polar surface area (TPSA) is 87.5 Å². The van der Waals surface area contributed by atoms with Crippen LogP contribution in [-0.2, 0) is 17.9 Å². The zero-order valence-corrected chi connectivity index (χ0v) is 11.4. The maximum absolute atomic E-state index is 13.0. The van der Waals surface area contributed by atoms with E-state index in [1.165, 1.54) is 16.2 Å². The number of fused-ring (bicyclic) bond motifs is 1. The fourth-order valence-electron chi connectivity index (χ4n) is 2.65. The Bertz CT molecular complexity index is 636. The first-order chi connectivity index (χ1) is 10.3. The highest BCUT2D eigenvalue weighted by Crippen LogP contribution is 2.58. The summed E-state index contributed by atoms with van der Waals surface area (Å²) >= 11 is 0. The molecule has 1 saturated carbocycles. The highest BCUT2D eigenvalue weighted by Gasteiger charge is 2.69. The van der Waals surface area contributed by atoms with Crippen LogP contribution in [0, 0.1) is 5.41 Å². The molecule has 1 fully saturated rings. The molecule has 22 heavy (non-hydrogen) atoms. The lowest BCUT2D eigenvalue weighted by molar-refractivity contribution is -0.199. The molecule has 1 aliphatic heterocycles. The van der Waals surface area contributed by atoms with E-state index in [1.54, 1.807) is 0 Å². The standard InChI is InChI=1S/C12H13F3N4O3/c13-12(14,15)11(1-2-11)10(21)18-3-4-19-7(6-18)5-8(16-19)9(20)17-22/h5,22H,1-4,6H2,(H,17,20). The molecule has 1 aromatic rings. The quantitative estimate of drug-likeness (QED) is 0.620. The van der Waals surface area contributed by atoms with Crippen LogP contribution in [0.3, 0.4) is 0 Å². The lowest BCUT2D eigenvalue weighted by Gasteiger charge is -2.31. The highest BCUT2D eigenvalue weighted by molar-refractivity contribution is 5.91. The highest BCUT2D eigenvalue weighted by atomic mass is 19.4. The van der Waals surface area contributed by atoms with Crippen molar-refractivity contribution in [3.63, 3.8) is 0 Å². The third kappa shape index (κ3) is 2.14. The number of hydrogen-bond acceptors (Lipinski definition) is 4. The van der Waals surface area contributed by atoms with Crippen LogP contribution in [0.15, 0.2) is 6.07 Å². The summed E-state index contributed by atoms with van der Waals surface area (Å²) in [5, 5.41) is 12.5. The molecule has 7 nitrogen and oxygen atoms in total. The van der Waals surface area contributed by atoms with E-state index >= 15 is 0 Å². The number of nitrogens with one attached hydrogen (secondary N) is 1. The van der Waals surface area contributed by atoms with E-state index in [2.05, 4.69) is 5.10 Å². The van der Waals surface area contributed by atoms with Crippen molar-refractivity contribution in [2.45, 2.75) is 32.1 Å². The van der Waals surface area contributed by atoms with Gasteiger partial charge < -0.3 is 4.90 Å². The van der Waals surface area contributed by atoms with E-state index in [1.807, 2.05) is 0 Å². The van der Waals surface area contributed by atoms with Crippen molar-refractivity contribution in [3.8, 4) is 0 Å². The summed E-state index contributed by atoms with van der Waals surface area (Å²) in [6.07, 6.45) is -4.89. The minimum atomic E-state index is -4.54. The number of carbonyl (C=O) groups excluding carboxylic acids is 2. The molecule has 2 heterocycles. The Balaban J connectivity index is 1.79. The number of hydroxylamine groups is 1. The average molecular weight is 318 g/mol. The Labute approximate surface area is 122 Å². The molecule has 0 aromatic carbocycles. The molecule has 2 N–H and O–H groups in total. The monoisotopic (exact) mass is 318 g/mol. The molecule has 2 amide bonds. The zero-order valence-electron chi connectivity index (χ0n) is 11.4. The van der Waals surface area contributed by atoms with Gasteiger partial charge in [-0.25, -0.2) is 5.48 Å². The molecule has 10 heteroatoms. The molecular formula is C12H13F3N4O3. The Morgan fingerprint density at radius 2 is 2.00 bits per heavy atom. The first kappa shape index (κ1) is 14.8. The smallest absolute Gasteiger partial charge is 0.334 e. The van der Waals surface area contributed by atoms with Crippen molar-refractivity contribution in [2.24, 2.45) is 5.41 Å². The summed E-state index contributed by atoms with van der Waals surface area (Å²) in [6, 6.07) is 1.35. The molecular weight excluding hydrogens is 305 g/mol. The molecule has 1 aromatic heterocycles. The van der Waals surface area contributed by atoms with Crippen LogP contribution in [0.5, 0.6) is 0 Å².